The Morgan fingerprint density at radius 1 is 1.34 bits per heavy atom. The third-order valence-electron chi connectivity index (χ3n) is 6.09. The lowest BCUT2D eigenvalue weighted by Crippen LogP contribution is -2.27. The molecule has 8 nitrogen and oxygen atoms in total. The maximum absolute atomic E-state index is 13.2. The van der Waals surface area contributed by atoms with Gasteiger partial charge in [0.25, 0.3) is 0 Å². The van der Waals surface area contributed by atoms with Gasteiger partial charge in [0.05, 0.1) is 18.1 Å². The summed E-state index contributed by atoms with van der Waals surface area (Å²) in [6.07, 6.45) is 7.22. The molecule has 4 unspecified atom stereocenters. The van der Waals surface area contributed by atoms with E-state index < -0.39 is 5.97 Å². The van der Waals surface area contributed by atoms with E-state index in [1.165, 1.54) is 41.0 Å². The molecule has 0 spiro atoms. The summed E-state index contributed by atoms with van der Waals surface area (Å²) < 4.78 is 6.57. The highest BCUT2D eigenvalue weighted by Crippen LogP contribution is 2.54. The van der Waals surface area contributed by atoms with Gasteiger partial charge >= 0.3 is 5.97 Å². The smallest absolute Gasteiger partial charge is 0.343 e. The molecule has 172 valence electrons. The molecule has 0 bridgehead atoms. The number of aromatic nitrogens is 4. The molecule has 1 amide bonds. The summed E-state index contributed by atoms with van der Waals surface area (Å²) in [7, 11) is 1.69. The molecule has 1 N–H and O–H groups in total. The van der Waals surface area contributed by atoms with E-state index in [2.05, 4.69) is 27.3 Å². The minimum Gasteiger partial charge on any atom is -0.462 e. The van der Waals surface area contributed by atoms with E-state index in [-0.39, 0.29) is 23.3 Å². The molecule has 0 aromatic carbocycles. The molecule has 32 heavy (non-hydrogen) atoms. The van der Waals surface area contributed by atoms with Gasteiger partial charge in [0, 0.05) is 23.8 Å². The van der Waals surface area contributed by atoms with Crippen LogP contribution in [-0.4, -0.2) is 48.7 Å². The van der Waals surface area contributed by atoms with Crippen LogP contribution in [0.4, 0.5) is 5.82 Å². The molecule has 2 aromatic heterocycles. The van der Waals surface area contributed by atoms with Crippen LogP contribution in [0.3, 0.4) is 0 Å². The minimum absolute atomic E-state index is 0.182. The number of rotatable bonds is 7. The Morgan fingerprint density at radius 3 is 2.91 bits per heavy atom. The fourth-order valence-electron chi connectivity index (χ4n) is 4.40. The van der Waals surface area contributed by atoms with Crippen molar-refractivity contribution in [3.63, 3.8) is 0 Å². The van der Waals surface area contributed by atoms with Gasteiger partial charge in [-0.1, -0.05) is 32.0 Å². The van der Waals surface area contributed by atoms with Crippen molar-refractivity contribution in [2.45, 2.75) is 72.9 Å². The maximum atomic E-state index is 13.2. The first kappa shape index (κ1) is 23.1. The van der Waals surface area contributed by atoms with Gasteiger partial charge < -0.3 is 10.1 Å². The standard InChI is InChI=1S/C22H29N5O3S2/c1-5-15(19(28)26-18-14(10-25-27(18)4)22(29)30-6-2)31-20-17-13-8-7-12(3)9-16(13)32-21(17)24-11-23-20/h10-13,15-16H,5-9H2,1-4H3,(H,26,28). The lowest BCUT2D eigenvalue weighted by atomic mass is 9.80. The molecule has 4 atom stereocenters. The number of aryl methyl sites for hydroxylation is 1. The Balaban J connectivity index is 1.53. The average Bonchev–Trinajstić information content (AvgIpc) is 3.32. The van der Waals surface area contributed by atoms with E-state index in [4.69, 9.17) is 4.74 Å². The largest absolute Gasteiger partial charge is 0.462 e. The summed E-state index contributed by atoms with van der Waals surface area (Å²) in [5, 5.41) is 9.17. The van der Waals surface area contributed by atoms with Gasteiger partial charge in [0.15, 0.2) is 0 Å². The van der Waals surface area contributed by atoms with Crippen molar-refractivity contribution in [2.75, 3.05) is 11.9 Å². The van der Waals surface area contributed by atoms with Crippen molar-refractivity contribution in [1.82, 2.24) is 19.7 Å². The molecular formula is C22H29N5O3S2. The van der Waals surface area contributed by atoms with Crippen LogP contribution in [-0.2, 0) is 16.6 Å². The van der Waals surface area contributed by atoms with Gasteiger partial charge in [-0.05, 0) is 32.1 Å². The van der Waals surface area contributed by atoms with Crippen LogP contribution >= 0.6 is 23.5 Å². The molecule has 1 aliphatic carbocycles. The molecule has 1 aliphatic heterocycles. The lowest BCUT2D eigenvalue weighted by Gasteiger charge is -2.29. The van der Waals surface area contributed by atoms with Gasteiger partial charge in [-0.3, -0.25) is 9.48 Å². The molecule has 3 heterocycles. The summed E-state index contributed by atoms with van der Waals surface area (Å²) in [6.45, 7) is 6.30. The Kier molecular flexibility index (Phi) is 7.09. The van der Waals surface area contributed by atoms with Gasteiger partial charge in [-0.25, -0.2) is 14.8 Å². The number of thioether (sulfide) groups is 2. The van der Waals surface area contributed by atoms with E-state index in [9.17, 15) is 9.59 Å². The van der Waals surface area contributed by atoms with Crippen LogP contribution < -0.4 is 5.32 Å². The second kappa shape index (κ2) is 9.82. The first-order valence-electron chi connectivity index (χ1n) is 11.1. The first-order valence-corrected chi connectivity index (χ1v) is 12.9. The highest BCUT2D eigenvalue weighted by Gasteiger charge is 2.40. The number of carbonyl (C=O) groups excluding carboxylic acids is 2. The molecule has 1 fully saturated rings. The third-order valence-corrected chi connectivity index (χ3v) is 8.84. The number of esters is 1. The number of anilines is 1. The molecule has 0 saturated heterocycles. The number of fused-ring (bicyclic) bond motifs is 3. The summed E-state index contributed by atoms with van der Waals surface area (Å²) in [5.74, 6) is 0.863. The number of nitrogens with one attached hydrogen (secondary N) is 1. The number of ether oxygens (including phenoxy) is 1. The summed E-state index contributed by atoms with van der Waals surface area (Å²) in [5.41, 5.74) is 1.47. The molecule has 10 heteroatoms. The number of amides is 1. The second-order valence-electron chi connectivity index (χ2n) is 8.33. The Labute approximate surface area is 196 Å². The van der Waals surface area contributed by atoms with Crippen LogP contribution in [0.2, 0.25) is 0 Å². The lowest BCUT2D eigenvalue weighted by molar-refractivity contribution is -0.115. The van der Waals surface area contributed by atoms with Crippen molar-refractivity contribution in [3.05, 3.63) is 23.7 Å². The SMILES string of the molecule is CCOC(=O)c1cnn(C)c1NC(=O)C(CC)Sc1ncnc2c1C1CCC(C)CC1S2. The molecule has 4 rings (SSSR count). The third kappa shape index (κ3) is 4.52. The number of hydrogen-bond donors (Lipinski definition) is 1. The van der Waals surface area contributed by atoms with E-state index in [0.717, 1.165) is 22.4 Å². The number of nitrogens with zero attached hydrogens (tertiary/aromatic N) is 4. The molecule has 2 aliphatic rings. The van der Waals surface area contributed by atoms with Crippen molar-refractivity contribution in [2.24, 2.45) is 13.0 Å². The van der Waals surface area contributed by atoms with Gasteiger partial charge in [0.2, 0.25) is 5.91 Å². The first-order chi connectivity index (χ1) is 15.4. The molecular weight excluding hydrogens is 446 g/mol. The zero-order chi connectivity index (χ0) is 22.8. The van der Waals surface area contributed by atoms with Crippen LogP contribution in [0, 0.1) is 5.92 Å². The fourth-order valence-corrected chi connectivity index (χ4v) is 7.18. The quantitative estimate of drug-likeness (QED) is 0.360. The van der Waals surface area contributed by atoms with Crippen molar-refractivity contribution in [1.29, 1.82) is 0 Å². The van der Waals surface area contributed by atoms with E-state index in [1.807, 2.05) is 18.7 Å². The van der Waals surface area contributed by atoms with Crippen molar-refractivity contribution in [3.8, 4) is 0 Å². The minimum atomic E-state index is -0.500. The van der Waals surface area contributed by atoms with Gasteiger partial charge in [0.1, 0.15) is 27.8 Å². The van der Waals surface area contributed by atoms with Crippen LogP contribution in [0.5, 0.6) is 0 Å². The zero-order valence-corrected chi connectivity index (χ0v) is 20.5. The Hall–Kier alpha value is -2.07. The molecule has 2 aromatic rings. The van der Waals surface area contributed by atoms with E-state index in [1.54, 1.807) is 20.3 Å². The number of carbonyl (C=O) groups is 2. The fraction of sp³-hybridized carbons (Fsp3) is 0.591. The Morgan fingerprint density at radius 2 is 2.16 bits per heavy atom. The summed E-state index contributed by atoms with van der Waals surface area (Å²) >= 11 is 3.36. The Bertz CT molecular complexity index is 1010. The predicted molar refractivity (Wildman–Crippen MR) is 125 cm³/mol. The van der Waals surface area contributed by atoms with Crippen LogP contribution in [0.25, 0.3) is 0 Å². The number of hydrogen-bond acceptors (Lipinski definition) is 8. The molecule has 0 radical (unpaired) electrons. The normalized spacial score (nSPS) is 22.7. The predicted octanol–water partition coefficient (Wildman–Crippen LogP) is 4.27. The second-order valence-corrected chi connectivity index (χ2v) is 10.8. The zero-order valence-electron chi connectivity index (χ0n) is 18.8. The van der Waals surface area contributed by atoms with E-state index in [0.29, 0.717) is 23.4 Å². The van der Waals surface area contributed by atoms with Crippen LogP contribution in [0.1, 0.15) is 68.3 Å². The van der Waals surface area contributed by atoms with Crippen LogP contribution in [0.15, 0.2) is 22.6 Å². The topological polar surface area (TPSA) is 99.0 Å². The average molecular weight is 476 g/mol. The maximum Gasteiger partial charge on any atom is 0.343 e. The highest BCUT2D eigenvalue weighted by atomic mass is 32.2. The monoisotopic (exact) mass is 475 g/mol. The molecule has 1 saturated carbocycles. The highest BCUT2D eigenvalue weighted by molar-refractivity contribution is 8.01. The summed E-state index contributed by atoms with van der Waals surface area (Å²) in [6, 6.07) is 0. The van der Waals surface area contributed by atoms with E-state index >= 15 is 0 Å². The summed E-state index contributed by atoms with van der Waals surface area (Å²) in [4.78, 5) is 34.5. The van der Waals surface area contributed by atoms with Gasteiger partial charge in [-0.15, -0.1) is 11.8 Å². The van der Waals surface area contributed by atoms with Gasteiger partial charge in [-0.2, -0.15) is 5.10 Å². The van der Waals surface area contributed by atoms with Crippen molar-refractivity contribution >= 4 is 41.2 Å². The van der Waals surface area contributed by atoms with Crippen molar-refractivity contribution < 1.29 is 14.3 Å².